The fourth-order valence-corrected chi connectivity index (χ4v) is 2.45. The molecule has 0 radical (unpaired) electrons. The SMILES string of the molecule is NC(CCc1ccccc1)c1nc2ccc(Cl)cc2[nH]1. The first kappa shape index (κ1) is 13.2. The molecule has 0 aliphatic carbocycles. The Hall–Kier alpha value is -1.84. The topological polar surface area (TPSA) is 54.7 Å². The van der Waals surface area contributed by atoms with Crippen LogP contribution in [-0.4, -0.2) is 9.97 Å². The van der Waals surface area contributed by atoms with Crippen molar-refractivity contribution in [3.63, 3.8) is 0 Å². The molecule has 3 rings (SSSR count). The molecule has 102 valence electrons. The lowest BCUT2D eigenvalue weighted by atomic mass is 10.1. The van der Waals surface area contributed by atoms with Crippen LogP contribution in [0.25, 0.3) is 11.0 Å². The van der Waals surface area contributed by atoms with Gasteiger partial charge in [0.15, 0.2) is 0 Å². The van der Waals surface area contributed by atoms with Gasteiger partial charge in [0, 0.05) is 5.02 Å². The van der Waals surface area contributed by atoms with Gasteiger partial charge in [-0.25, -0.2) is 4.98 Å². The zero-order valence-corrected chi connectivity index (χ0v) is 11.8. The molecule has 1 heterocycles. The average Bonchev–Trinajstić information content (AvgIpc) is 2.89. The first-order valence-electron chi connectivity index (χ1n) is 6.67. The number of nitrogens with two attached hydrogens (primary N) is 1. The number of aryl methyl sites for hydroxylation is 1. The van der Waals surface area contributed by atoms with Crippen molar-refractivity contribution in [2.24, 2.45) is 5.73 Å². The molecular formula is C16H16ClN3. The molecule has 0 aliphatic heterocycles. The summed E-state index contributed by atoms with van der Waals surface area (Å²) in [7, 11) is 0. The third-order valence-corrected chi connectivity index (χ3v) is 3.64. The van der Waals surface area contributed by atoms with Crippen LogP contribution in [0.4, 0.5) is 0 Å². The molecule has 3 aromatic rings. The van der Waals surface area contributed by atoms with Crippen molar-refractivity contribution >= 4 is 22.6 Å². The van der Waals surface area contributed by atoms with E-state index in [0.717, 1.165) is 29.7 Å². The van der Waals surface area contributed by atoms with Crippen molar-refractivity contribution in [3.8, 4) is 0 Å². The van der Waals surface area contributed by atoms with E-state index in [0.29, 0.717) is 5.02 Å². The monoisotopic (exact) mass is 285 g/mol. The van der Waals surface area contributed by atoms with E-state index in [1.807, 2.05) is 36.4 Å². The van der Waals surface area contributed by atoms with Crippen molar-refractivity contribution in [3.05, 3.63) is 64.9 Å². The summed E-state index contributed by atoms with van der Waals surface area (Å²) in [4.78, 5) is 7.78. The Morgan fingerprint density at radius 2 is 1.95 bits per heavy atom. The molecule has 0 aliphatic rings. The Morgan fingerprint density at radius 1 is 1.15 bits per heavy atom. The largest absolute Gasteiger partial charge is 0.341 e. The first-order valence-corrected chi connectivity index (χ1v) is 7.05. The fraction of sp³-hybridized carbons (Fsp3) is 0.188. The van der Waals surface area contributed by atoms with Gasteiger partial charge in [-0.1, -0.05) is 41.9 Å². The molecule has 3 nitrogen and oxygen atoms in total. The van der Waals surface area contributed by atoms with Gasteiger partial charge in [-0.3, -0.25) is 0 Å². The minimum Gasteiger partial charge on any atom is -0.341 e. The third kappa shape index (κ3) is 2.84. The number of halogens is 1. The van der Waals surface area contributed by atoms with Crippen LogP contribution in [0, 0.1) is 0 Å². The maximum Gasteiger partial charge on any atom is 0.124 e. The van der Waals surface area contributed by atoms with Gasteiger partial charge >= 0.3 is 0 Å². The summed E-state index contributed by atoms with van der Waals surface area (Å²) in [6.07, 6.45) is 1.80. The molecule has 0 saturated heterocycles. The molecule has 0 spiro atoms. The second-order valence-electron chi connectivity index (χ2n) is 4.91. The van der Waals surface area contributed by atoms with Crippen molar-refractivity contribution in [1.82, 2.24) is 9.97 Å². The number of nitrogens with one attached hydrogen (secondary N) is 1. The Labute approximate surface area is 122 Å². The summed E-state index contributed by atoms with van der Waals surface area (Å²) >= 11 is 5.97. The molecule has 0 bridgehead atoms. The molecule has 0 amide bonds. The average molecular weight is 286 g/mol. The van der Waals surface area contributed by atoms with Crippen LogP contribution in [0.2, 0.25) is 5.02 Å². The summed E-state index contributed by atoms with van der Waals surface area (Å²) in [6, 6.07) is 15.9. The highest BCUT2D eigenvalue weighted by Gasteiger charge is 2.11. The first-order chi connectivity index (χ1) is 9.72. The Kier molecular flexibility index (Phi) is 3.72. The molecule has 20 heavy (non-hydrogen) atoms. The fourth-order valence-electron chi connectivity index (χ4n) is 2.28. The van der Waals surface area contributed by atoms with E-state index in [1.54, 1.807) is 0 Å². The second kappa shape index (κ2) is 5.65. The summed E-state index contributed by atoms with van der Waals surface area (Å²) < 4.78 is 0. The molecule has 0 saturated carbocycles. The van der Waals surface area contributed by atoms with Gasteiger partial charge in [0.25, 0.3) is 0 Å². The lowest BCUT2D eigenvalue weighted by Gasteiger charge is -2.08. The lowest BCUT2D eigenvalue weighted by Crippen LogP contribution is -2.13. The van der Waals surface area contributed by atoms with Gasteiger partial charge in [0.05, 0.1) is 17.1 Å². The van der Waals surface area contributed by atoms with E-state index < -0.39 is 0 Å². The molecule has 1 unspecified atom stereocenters. The highest BCUT2D eigenvalue weighted by Crippen LogP contribution is 2.21. The van der Waals surface area contributed by atoms with Gasteiger partial charge in [-0.2, -0.15) is 0 Å². The highest BCUT2D eigenvalue weighted by atomic mass is 35.5. The van der Waals surface area contributed by atoms with Crippen LogP contribution in [0.15, 0.2) is 48.5 Å². The maximum atomic E-state index is 6.22. The smallest absolute Gasteiger partial charge is 0.124 e. The maximum absolute atomic E-state index is 6.22. The number of aromatic nitrogens is 2. The van der Waals surface area contributed by atoms with E-state index in [-0.39, 0.29) is 6.04 Å². The number of fused-ring (bicyclic) bond motifs is 1. The van der Waals surface area contributed by atoms with E-state index in [1.165, 1.54) is 5.56 Å². The van der Waals surface area contributed by atoms with Crippen molar-refractivity contribution < 1.29 is 0 Å². The second-order valence-corrected chi connectivity index (χ2v) is 5.35. The quantitative estimate of drug-likeness (QED) is 0.765. The van der Waals surface area contributed by atoms with E-state index in [2.05, 4.69) is 22.1 Å². The summed E-state index contributed by atoms with van der Waals surface area (Å²) in [5.41, 5.74) is 9.35. The van der Waals surface area contributed by atoms with Gasteiger partial charge in [-0.15, -0.1) is 0 Å². The van der Waals surface area contributed by atoms with Crippen LogP contribution in [-0.2, 0) is 6.42 Å². The zero-order valence-electron chi connectivity index (χ0n) is 11.0. The number of aromatic amines is 1. The van der Waals surface area contributed by atoms with Crippen LogP contribution >= 0.6 is 11.6 Å². The summed E-state index contributed by atoms with van der Waals surface area (Å²) in [6.45, 7) is 0. The minimum atomic E-state index is -0.0959. The molecular weight excluding hydrogens is 270 g/mol. The number of benzene rings is 2. The Balaban J connectivity index is 1.73. The molecule has 0 fully saturated rings. The van der Waals surface area contributed by atoms with Crippen LogP contribution in [0.3, 0.4) is 0 Å². The molecule has 3 N–H and O–H groups in total. The van der Waals surface area contributed by atoms with Crippen LogP contribution in [0.5, 0.6) is 0 Å². The van der Waals surface area contributed by atoms with Crippen LogP contribution in [0.1, 0.15) is 23.9 Å². The standard InChI is InChI=1S/C16H16ClN3/c17-12-7-9-14-15(10-12)20-16(19-14)13(18)8-6-11-4-2-1-3-5-11/h1-5,7,9-10,13H,6,8,18H2,(H,19,20). The molecule has 4 heteroatoms. The Bertz CT molecular complexity index is 706. The summed E-state index contributed by atoms with van der Waals surface area (Å²) in [5, 5.41) is 0.700. The summed E-state index contributed by atoms with van der Waals surface area (Å²) in [5.74, 6) is 0.818. The van der Waals surface area contributed by atoms with Crippen molar-refractivity contribution in [1.29, 1.82) is 0 Å². The van der Waals surface area contributed by atoms with Crippen LogP contribution < -0.4 is 5.73 Å². The predicted molar refractivity (Wildman–Crippen MR) is 82.8 cm³/mol. The van der Waals surface area contributed by atoms with E-state index >= 15 is 0 Å². The number of hydrogen-bond acceptors (Lipinski definition) is 2. The predicted octanol–water partition coefficient (Wildman–Crippen LogP) is 3.85. The number of nitrogens with zero attached hydrogens (tertiary/aromatic N) is 1. The number of H-pyrrole nitrogens is 1. The third-order valence-electron chi connectivity index (χ3n) is 3.40. The van der Waals surface area contributed by atoms with Gasteiger partial charge in [0.2, 0.25) is 0 Å². The molecule has 1 atom stereocenters. The lowest BCUT2D eigenvalue weighted by molar-refractivity contribution is 0.621. The van der Waals surface area contributed by atoms with Crippen molar-refractivity contribution in [2.75, 3.05) is 0 Å². The zero-order chi connectivity index (χ0) is 13.9. The Morgan fingerprint density at radius 3 is 2.75 bits per heavy atom. The normalized spacial score (nSPS) is 12.7. The highest BCUT2D eigenvalue weighted by molar-refractivity contribution is 6.31. The van der Waals surface area contributed by atoms with Gasteiger partial charge < -0.3 is 10.7 Å². The van der Waals surface area contributed by atoms with Gasteiger partial charge in [-0.05, 0) is 36.6 Å². The van der Waals surface area contributed by atoms with E-state index in [4.69, 9.17) is 17.3 Å². The number of rotatable bonds is 4. The van der Waals surface area contributed by atoms with E-state index in [9.17, 15) is 0 Å². The molecule has 1 aromatic heterocycles. The van der Waals surface area contributed by atoms with Crippen molar-refractivity contribution in [2.45, 2.75) is 18.9 Å². The minimum absolute atomic E-state index is 0.0959. The number of imidazole rings is 1. The van der Waals surface area contributed by atoms with Gasteiger partial charge in [0.1, 0.15) is 5.82 Å². The molecule has 2 aromatic carbocycles. The number of hydrogen-bond donors (Lipinski definition) is 2.